The van der Waals surface area contributed by atoms with E-state index in [9.17, 15) is 4.79 Å². The molecule has 1 aliphatic rings. The summed E-state index contributed by atoms with van der Waals surface area (Å²) in [6.07, 6.45) is 1.95. The summed E-state index contributed by atoms with van der Waals surface area (Å²) in [6.45, 7) is 6.44. The second-order valence-electron chi connectivity index (χ2n) is 6.50. The van der Waals surface area contributed by atoms with Crippen molar-refractivity contribution in [2.45, 2.75) is 13.0 Å². The number of halogens is 1. The van der Waals surface area contributed by atoms with Crippen LogP contribution in [0, 0.1) is 0 Å². The Bertz CT molecular complexity index is 684. The van der Waals surface area contributed by atoms with Crippen molar-refractivity contribution in [1.29, 1.82) is 0 Å². The molecule has 0 aliphatic carbocycles. The Morgan fingerprint density at radius 3 is 2.60 bits per heavy atom. The molecule has 3 rings (SSSR count). The largest absolute Gasteiger partial charge is 0.345 e. The summed E-state index contributed by atoms with van der Waals surface area (Å²) in [7, 11) is 0. The molecule has 2 aromatic rings. The molecule has 25 heavy (non-hydrogen) atoms. The Morgan fingerprint density at radius 2 is 1.96 bits per heavy atom. The highest BCUT2D eigenvalue weighted by Gasteiger charge is 2.27. The van der Waals surface area contributed by atoms with E-state index in [1.54, 1.807) is 0 Å². The van der Waals surface area contributed by atoms with Gasteiger partial charge in [0.05, 0.1) is 12.2 Å². The van der Waals surface area contributed by atoms with Gasteiger partial charge in [0.1, 0.15) is 26.2 Å². The van der Waals surface area contributed by atoms with Crippen LogP contribution in [0.1, 0.15) is 18.5 Å². The quantitative estimate of drug-likeness (QED) is 0.775. The number of carbonyl (C=O) groups is 1. The maximum Gasteiger partial charge on any atom is 0.275 e. The lowest BCUT2D eigenvalue weighted by Gasteiger charge is -2.28. The van der Waals surface area contributed by atoms with E-state index in [1.807, 2.05) is 49.5 Å². The van der Waals surface area contributed by atoms with Gasteiger partial charge in [-0.05, 0) is 30.7 Å². The van der Waals surface area contributed by atoms with E-state index in [0.717, 1.165) is 42.0 Å². The summed E-state index contributed by atoms with van der Waals surface area (Å²) in [4.78, 5) is 19.3. The summed E-state index contributed by atoms with van der Waals surface area (Å²) in [6, 6.07) is 14.2. The molecule has 2 heterocycles. The minimum Gasteiger partial charge on any atom is -0.345 e. The third-order valence-electron chi connectivity index (χ3n) is 4.66. The maximum absolute atomic E-state index is 12.4. The Labute approximate surface area is 157 Å². The molecule has 3 N–H and O–H groups in total. The van der Waals surface area contributed by atoms with Crippen molar-refractivity contribution >= 4 is 27.7 Å². The molecule has 1 aromatic heterocycles. The second kappa shape index (κ2) is 8.45. The van der Waals surface area contributed by atoms with Gasteiger partial charge in [0.2, 0.25) is 0 Å². The number of aromatic amines is 1. The number of quaternary nitrogens is 1. The lowest BCUT2D eigenvalue weighted by molar-refractivity contribution is -0.892. The van der Waals surface area contributed by atoms with Gasteiger partial charge in [0.15, 0.2) is 6.54 Å². The van der Waals surface area contributed by atoms with Gasteiger partial charge in [-0.2, -0.15) is 0 Å². The number of nitrogens with one attached hydrogen (secondary N) is 3. The van der Waals surface area contributed by atoms with Crippen molar-refractivity contribution in [3.63, 3.8) is 0 Å². The van der Waals surface area contributed by atoms with Crippen LogP contribution in [0.25, 0.3) is 0 Å². The number of hydrogen-bond donors (Lipinski definition) is 2. The van der Waals surface area contributed by atoms with Crippen LogP contribution in [-0.4, -0.2) is 38.6 Å². The fraction of sp³-hybridized carbons (Fsp3) is 0.368. The molecule has 1 atom stereocenters. The van der Waals surface area contributed by atoms with Crippen LogP contribution in [-0.2, 0) is 4.79 Å². The Morgan fingerprint density at radius 1 is 1.24 bits per heavy atom. The smallest absolute Gasteiger partial charge is 0.275 e. The van der Waals surface area contributed by atoms with Gasteiger partial charge in [-0.15, -0.1) is 0 Å². The first-order valence-corrected chi connectivity index (χ1v) is 9.51. The van der Waals surface area contributed by atoms with Crippen molar-refractivity contribution in [3.05, 3.63) is 58.7 Å². The number of anilines is 1. The predicted octanol–water partition coefficient (Wildman–Crippen LogP) is 0.846. The van der Waals surface area contributed by atoms with Crippen molar-refractivity contribution in [1.82, 2.24) is 5.32 Å². The number of carbonyl (C=O) groups excluding carboxylic acids is 1. The number of rotatable bonds is 5. The summed E-state index contributed by atoms with van der Waals surface area (Å²) in [5.41, 5.74) is 1.12. The molecule has 132 valence electrons. The normalized spacial score (nSPS) is 16.5. The SMILES string of the molecule is C[C@H](NC(=O)C[NH+]1CCN(c2cccc[nH+]2)CC1)c1ccc(Br)cc1. The molecular weight excluding hydrogens is 380 g/mol. The standard InChI is InChI=1S/C19H23BrN4O/c1-15(16-5-7-17(20)8-6-16)22-19(25)14-23-10-12-24(13-11-23)18-4-2-3-9-21-18/h2-9,15H,10-14H2,1H3,(H,22,25)/p+2/t15-/m0/s1. The van der Waals surface area contributed by atoms with Gasteiger partial charge in [-0.25, -0.2) is 4.98 Å². The van der Waals surface area contributed by atoms with E-state index < -0.39 is 0 Å². The van der Waals surface area contributed by atoms with E-state index >= 15 is 0 Å². The van der Waals surface area contributed by atoms with Crippen LogP contribution in [0.3, 0.4) is 0 Å². The first-order chi connectivity index (χ1) is 12.1. The summed E-state index contributed by atoms with van der Waals surface area (Å²) in [5.74, 6) is 1.26. The molecule has 0 radical (unpaired) electrons. The molecule has 1 aromatic carbocycles. The highest BCUT2D eigenvalue weighted by atomic mass is 79.9. The first kappa shape index (κ1) is 17.9. The molecule has 0 unspecified atom stereocenters. The fourth-order valence-corrected chi connectivity index (χ4v) is 3.44. The Hall–Kier alpha value is -1.92. The highest BCUT2D eigenvalue weighted by Crippen LogP contribution is 2.16. The highest BCUT2D eigenvalue weighted by molar-refractivity contribution is 9.10. The van der Waals surface area contributed by atoms with E-state index in [4.69, 9.17) is 0 Å². The Balaban J connectivity index is 1.45. The van der Waals surface area contributed by atoms with Crippen LogP contribution < -0.4 is 20.1 Å². The number of amides is 1. The fourth-order valence-electron chi connectivity index (χ4n) is 3.18. The summed E-state index contributed by atoms with van der Waals surface area (Å²) < 4.78 is 1.05. The molecule has 1 aliphatic heterocycles. The zero-order valence-corrected chi connectivity index (χ0v) is 16.1. The summed E-state index contributed by atoms with van der Waals surface area (Å²) in [5, 5.41) is 3.11. The third kappa shape index (κ3) is 5.03. The van der Waals surface area contributed by atoms with E-state index in [-0.39, 0.29) is 11.9 Å². The zero-order chi connectivity index (χ0) is 17.6. The van der Waals surface area contributed by atoms with Crippen molar-refractivity contribution in [2.75, 3.05) is 37.6 Å². The lowest BCUT2D eigenvalue weighted by Crippen LogP contribution is -3.16. The van der Waals surface area contributed by atoms with E-state index in [2.05, 4.69) is 37.2 Å². The van der Waals surface area contributed by atoms with Gasteiger partial charge in [0, 0.05) is 10.5 Å². The molecule has 1 amide bonds. The summed E-state index contributed by atoms with van der Waals surface area (Å²) >= 11 is 3.44. The number of piperazine rings is 1. The molecule has 0 saturated carbocycles. The predicted molar refractivity (Wildman–Crippen MR) is 101 cm³/mol. The number of aromatic nitrogens is 1. The van der Waals surface area contributed by atoms with Crippen molar-refractivity contribution in [2.24, 2.45) is 0 Å². The van der Waals surface area contributed by atoms with Crippen LogP contribution in [0.4, 0.5) is 5.82 Å². The second-order valence-corrected chi connectivity index (χ2v) is 7.42. The van der Waals surface area contributed by atoms with Crippen LogP contribution in [0.15, 0.2) is 53.1 Å². The van der Waals surface area contributed by atoms with Gasteiger partial charge in [-0.1, -0.05) is 34.1 Å². The molecule has 0 spiro atoms. The topological polar surface area (TPSA) is 50.9 Å². The molecule has 0 bridgehead atoms. The lowest BCUT2D eigenvalue weighted by atomic mass is 10.1. The first-order valence-electron chi connectivity index (χ1n) is 8.72. The number of pyridine rings is 1. The van der Waals surface area contributed by atoms with Gasteiger partial charge in [-0.3, -0.25) is 9.69 Å². The van der Waals surface area contributed by atoms with E-state index in [0.29, 0.717) is 6.54 Å². The minimum atomic E-state index is 0.0280. The zero-order valence-electron chi connectivity index (χ0n) is 14.5. The van der Waals surface area contributed by atoms with Crippen molar-refractivity contribution in [3.8, 4) is 0 Å². The molecule has 6 heteroatoms. The number of H-pyrrole nitrogens is 1. The van der Waals surface area contributed by atoms with Gasteiger partial charge >= 0.3 is 0 Å². The molecule has 5 nitrogen and oxygen atoms in total. The monoisotopic (exact) mass is 404 g/mol. The number of benzene rings is 1. The van der Waals surface area contributed by atoms with Crippen LogP contribution in [0.2, 0.25) is 0 Å². The molecular formula is C19H25BrN4O+2. The average Bonchev–Trinajstić information content (AvgIpc) is 2.63. The third-order valence-corrected chi connectivity index (χ3v) is 5.19. The molecule has 1 saturated heterocycles. The number of nitrogens with zero attached hydrogens (tertiary/aromatic N) is 1. The van der Waals surface area contributed by atoms with E-state index in [1.165, 1.54) is 4.90 Å². The Kier molecular flexibility index (Phi) is 6.04. The van der Waals surface area contributed by atoms with Gasteiger partial charge in [0.25, 0.3) is 11.7 Å². The average molecular weight is 405 g/mol. The number of hydrogen-bond acceptors (Lipinski definition) is 2. The van der Waals surface area contributed by atoms with Crippen LogP contribution in [0.5, 0.6) is 0 Å². The minimum absolute atomic E-state index is 0.0280. The molecule has 1 fully saturated rings. The van der Waals surface area contributed by atoms with Gasteiger partial charge < -0.3 is 10.2 Å². The maximum atomic E-state index is 12.4. The van der Waals surface area contributed by atoms with Crippen molar-refractivity contribution < 1.29 is 14.7 Å². The van der Waals surface area contributed by atoms with Crippen LogP contribution >= 0.6 is 15.9 Å².